The Balaban J connectivity index is 1.51. The molecular formula is C23H15ClFN7. The molecule has 0 aliphatic heterocycles. The van der Waals surface area contributed by atoms with E-state index in [0.717, 1.165) is 16.9 Å². The molecule has 0 bridgehead atoms. The number of benzene rings is 2. The van der Waals surface area contributed by atoms with Gasteiger partial charge in [-0.25, -0.2) is 13.9 Å². The predicted octanol–water partition coefficient (Wildman–Crippen LogP) is 5.30. The highest BCUT2D eigenvalue weighted by atomic mass is 35.5. The van der Waals surface area contributed by atoms with Crippen LogP contribution < -0.4 is 5.32 Å². The molecule has 0 spiro atoms. The summed E-state index contributed by atoms with van der Waals surface area (Å²) in [5.41, 5.74) is 4.69. The Morgan fingerprint density at radius 1 is 1.12 bits per heavy atom. The molecule has 0 aliphatic rings. The first-order valence-corrected chi connectivity index (χ1v) is 10.0. The summed E-state index contributed by atoms with van der Waals surface area (Å²) in [5.74, 6) is -0.0529. The van der Waals surface area contributed by atoms with Crippen molar-refractivity contribution in [2.24, 2.45) is 0 Å². The molecule has 1 N–H and O–H groups in total. The zero-order chi connectivity index (χ0) is 22.2. The van der Waals surface area contributed by atoms with Crippen LogP contribution in [-0.4, -0.2) is 24.1 Å². The van der Waals surface area contributed by atoms with Crippen molar-refractivity contribution in [3.8, 4) is 22.9 Å². The summed E-state index contributed by atoms with van der Waals surface area (Å²) < 4.78 is 16.9. The fourth-order valence-electron chi connectivity index (χ4n) is 3.49. The fraction of sp³-hybridized carbons (Fsp3) is 0.0435. The molecule has 3 aromatic heterocycles. The van der Waals surface area contributed by atoms with Gasteiger partial charge in [-0.05, 0) is 55.5 Å². The molecule has 32 heavy (non-hydrogen) atoms. The molecule has 0 fully saturated rings. The molecule has 0 saturated carbocycles. The first kappa shape index (κ1) is 19.7. The van der Waals surface area contributed by atoms with E-state index in [0.29, 0.717) is 33.4 Å². The van der Waals surface area contributed by atoms with Crippen LogP contribution in [0.1, 0.15) is 11.3 Å². The van der Waals surface area contributed by atoms with Crippen LogP contribution in [0.3, 0.4) is 0 Å². The number of hydrogen-bond donors (Lipinski definition) is 1. The summed E-state index contributed by atoms with van der Waals surface area (Å²) in [6.45, 7) is 1.89. The molecule has 2 aromatic carbocycles. The molecule has 9 heteroatoms. The maximum atomic E-state index is 13.5. The van der Waals surface area contributed by atoms with E-state index >= 15 is 0 Å². The average molecular weight is 444 g/mol. The normalized spacial score (nSPS) is 10.9. The Kier molecular flexibility index (Phi) is 4.81. The van der Waals surface area contributed by atoms with Crippen LogP contribution in [0.5, 0.6) is 0 Å². The second kappa shape index (κ2) is 7.80. The average Bonchev–Trinajstić information content (AvgIpc) is 3.39. The maximum Gasteiger partial charge on any atom is 0.247 e. The van der Waals surface area contributed by atoms with E-state index in [1.165, 1.54) is 12.1 Å². The number of nitrogens with one attached hydrogen (secondary N) is 1. The minimum atomic E-state index is -0.405. The molecular weight excluding hydrogens is 429 g/mol. The lowest BCUT2D eigenvalue weighted by Crippen LogP contribution is -1.98. The van der Waals surface area contributed by atoms with Crippen LogP contribution in [0, 0.1) is 24.1 Å². The maximum absolute atomic E-state index is 13.5. The van der Waals surface area contributed by atoms with Gasteiger partial charge in [-0.3, -0.25) is 0 Å². The Morgan fingerprint density at radius 3 is 2.75 bits per heavy atom. The van der Waals surface area contributed by atoms with Crippen molar-refractivity contribution in [3.05, 3.63) is 89.3 Å². The largest absolute Gasteiger partial charge is 0.323 e. The quantitative estimate of drug-likeness (QED) is 0.407. The molecule has 0 aliphatic carbocycles. The second-order valence-electron chi connectivity index (χ2n) is 7.14. The highest BCUT2D eigenvalue weighted by Crippen LogP contribution is 2.31. The number of nitriles is 1. The standard InChI is InChI=1S/C23H15ClFN7/c1-14-12-31(13-27-14)21-7-5-17(9-15(21)11-26)28-23-29-22-19(3-2-8-32(22)30-23)18-6-4-16(25)10-20(18)24/h2-10,12-13H,1H3,(H,28,30). The lowest BCUT2D eigenvalue weighted by molar-refractivity contribution is 0.628. The van der Waals surface area contributed by atoms with Crippen molar-refractivity contribution in [1.82, 2.24) is 24.1 Å². The van der Waals surface area contributed by atoms with Crippen molar-refractivity contribution < 1.29 is 4.39 Å². The fourth-order valence-corrected chi connectivity index (χ4v) is 3.76. The number of halogens is 2. The molecule has 7 nitrogen and oxygen atoms in total. The molecule has 0 saturated heterocycles. The van der Waals surface area contributed by atoms with Crippen molar-refractivity contribution >= 4 is 28.9 Å². The molecule has 5 aromatic rings. The van der Waals surface area contributed by atoms with E-state index in [1.54, 1.807) is 33.7 Å². The van der Waals surface area contributed by atoms with Gasteiger partial charge in [0, 0.05) is 29.2 Å². The van der Waals surface area contributed by atoms with Gasteiger partial charge in [-0.1, -0.05) is 11.6 Å². The molecule has 156 valence electrons. The van der Waals surface area contributed by atoms with Crippen LogP contribution in [0.25, 0.3) is 22.5 Å². The molecule has 0 amide bonds. The summed E-state index contributed by atoms with van der Waals surface area (Å²) in [5, 5.41) is 17.5. The Hall–Kier alpha value is -4.22. The second-order valence-corrected chi connectivity index (χ2v) is 7.55. The van der Waals surface area contributed by atoms with Crippen LogP contribution in [0.2, 0.25) is 5.02 Å². The van der Waals surface area contributed by atoms with E-state index in [9.17, 15) is 9.65 Å². The van der Waals surface area contributed by atoms with Crippen molar-refractivity contribution in [1.29, 1.82) is 5.26 Å². The van der Waals surface area contributed by atoms with E-state index in [2.05, 4.69) is 26.5 Å². The van der Waals surface area contributed by atoms with Gasteiger partial charge in [0.05, 0.1) is 28.3 Å². The topological polar surface area (TPSA) is 83.8 Å². The van der Waals surface area contributed by atoms with Crippen LogP contribution in [-0.2, 0) is 0 Å². The van der Waals surface area contributed by atoms with E-state index in [1.807, 2.05) is 37.4 Å². The minimum Gasteiger partial charge on any atom is -0.323 e. The van der Waals surface area contributed by atoms with Crippen molar-refractivity contribution in [2.45, 2.75) is 6.92 Å². The number of rotatable bonds is 4. The SMILES string of the molecule is Cc1cn(-c2ccc(Nc3nc4c(-c5ccc(F)cc5Cl)cccn4n3)cc2C#N)cn1. The number of fused-ring (bicyclic) bond motifs is 1. The lowest BCUT2D eigenvalue weighted by atomic mass is 10.1. The van der Waals surface area contributed by atoms with Crippen molar-refractivity contribution in [3.63, 3.8) is 0 Å². The van der Waals surface area contributed by atoms with Gasteiger partial charge in [-0.2, -0.15) is 10.2 Å². The summed E-state index contributed by atoms with van der Waals surface area (Å²) in [6, 6.07) is 15.5. The van der Waals surface area contributed by atoms with Crippen molar-refractivity contribution in [2.75, 3.05) is 5.32 Å². The first-order valence-electron chi connectivity index (χ1n) is 9.65. The van der Waals surface area contributed by atoms with Gasteiger partial charge in [0.25, 0.3) is 0 Å². The van der Waals surface area contributed by atoms with Gasteiger partial charge in [0.1, 0.15) is 11.9 Å². The van der Waals surface area contributed by atoms with E-state index in [-0.39, 0.29) is 0 Å². The van der Waals surface area contributed by atoms with Gasteiger partial charge in [-0.15, -0.1) is 5.10 Å². The Labute approximate surface area is 187 Å². The van der Waals surface area contributed by atoms with Gasteiger partial charge >= 0.3 is 0 Å². The zero-order valence-electron chi connectivity index (χ0n) is 16.8. The van der Waals surface area contributed by atoms with Gasteiger partial charge < -0.3 is 9.88 Å². The molecule has 3 heterocycles. The summed E-state index contributed by atoms with van der Waals surface area (Å²) in [6.07, 6.45) is 5.29. The first-order chi connectivity index (χ1) is 15.5. The highest BCUT2D eigenvalue weighted by molar-refractivity contribution is 6.33. The Bertz CT molecular complexity index is 1510. The van der Waals surface area contributed by atoms with Crippen LogP contribution in [0.15, 0.2) is 67.3 Å². The molecule has 5 rings (SSSR count). The number of imidazole rings is 1. The van der Waals surface area contributed by atoms with E-state index < -0.39 is 5.82 Å². The molecule has 0 unspecified atom stereocenters. The Morgan fingerprint density at radius 2 is 2.00 bits per heavy atom. The number of aryl methyl sites for hydroxylation is 1. The number of nitrogens with zero attached hydrogens (tertiary/aromatic N) is 6. The number of pyridine rings is 1. The smallest absolute Gasteiger partial charge is 0.247 e. The third-order valence-electron chi connectivity index (χ3n) is 4.95. The number of aromatic nitrogens is 5. The van der Waals surface area contributed by atoms with Crippen LogP contribution in [0.4, 0.5) is 16.0 Å². The van der Waals surface area contributed by atoms with E-state index in [4.69, 9.17) is 11.6 Å². The summed E-state index contributed by atoms with van der Waals surface area (Å²) in [7, 11) is 0. The third kappa shape index (κ3) is 3.55. The highest BCUT2D eigenvalue weighted by Gasteiger charge is 2.14. The van der Waals surface area contributed by atoms with Gasteiger partial charge in [0.2, 0.25) is 5.95 Å². The predicted molar refractivity (Wildman–Crippen MR) is 120 cm³/mol. The lowest BCUT2D eigenvalue weighted by Gasteiger charge is -2.08. The summed E-state index contributed by atoms with van der Waals surface area (Å²) >= 11 is 6.25. The molecule has 0 atom stereocenters. The third-order valence-corrected chi connectivity index (χ3v) is 5.26. The van der Waals surface area contributed by atoms with Gasteiger partial charge in [0.15, 0.2) is 5.65 Å². The van der Waals surface area contributed by atoms with Crippen LogP contribution >= 0.6 is 11.6 Å². The summed E-state index contributed by atoms with van der Waals surface area (Å²) in [4.78, 5) is 8.79. The minimum absolute atomic E-state index is 0.291. The number of anilines is 2. The molecule has 0 radical (unpaired) electrons. The zero-order valence-corrected chi connectivity index (χ0v) is 17.5. The monoisotopic (exact) mass is 443 g/mol. The number of hydrogen-bond acceptors (Lipinski definition) is 5.